The summed E-state index contributed by atoms with van der Waals surface area (Å²) in [6.45, 7) is 1.92. The van der Waals surface area contributed by atoms with E-state index < -0.39 is 10.0 Å². The number of rotatable bonds is 4. The molecule has 2 aromatic carbocycles. The molecule has 28 heavy (non-hydrogen) atoms. The van der Waals surface area contributed by atoms with Crippen LogP contribution < -0.4 is 4.90 Å². The second-order valence-electron chi connectivity index (χ2n) is 6.38. The van der Waals surface area contributed by atoms with Crippen LogP contribution in [0.25, 0.3) is 11.3 Å². The maximum Gasteiger partial charge on any atom is 0.243 e. The smallest absolute Gasteiger partial charge is 0.243 e. The van der Waals surface area contributed by atoms with Gasteiger partial charge in [0.1, 0.15) is 0 Å². The molecule has 9 heteroatoms. The van der Waals surface area contributed by atoms with Crippen molar-refractivity contribution >= 4 is 49.7 Å². The van der Waals surface area contributed by atoms with Crippen LogP contribution in [0, 0.1) is 0 Å². The number of aromatic nitrogens is 1. The Bertz CT molecular complexity index is 1060. The van der Waals surface area contributed by atoms with E-state index in [0.717, 1.165) is 16.4 Å². The zero-order valence-electron chi connectivity index (χ0n) is 14.8. The molecular formula is C19H17Cl2N3O2S2. The zero-order chi connectivity index (χ0) is 19.7. The van der Waals surface area contributed by atoms with E-state index >= 15 is 0 Å². The number of hydrogen-bond acceptors (Lipinski definition) is 5. The summed E-state index contributed by atoms with van der Waals surface area (Å²) >= 11 is 13.5. The van der Waals surface area contributed by atoms with E-state index in [-0.39, 0.29) is 4.90 Å². The van der Waals surface area contributed by atoms with Gasteiger partial charge in [0.15, 0.2) is 5.13 Å². The van der Waals surface area contributed by atoms with Crippen molar-refractivity contribution in [2.24, 2.45) is 0 Å². The molecule has 0 unspecified atom stereocenters. The van der Waals surface area contributed by atoms with E-state index in [1.165, 1.54) is 22.5 Å². The summed E-state index contributed by atoms with van der Waals surface area (Å²) in [5, 5.41) is 3.55. The maximum atomic E-state index is 12.9. The second kappa shape index (κ2) is 8.00. The maximum absolute atomic E-state index is 12.9. The van der Waals surface area contributed by atoms with Gasteiger partial charge in [0.2, 0.25) is 10.0 Å². The van der Waals surface area contributed by atoms with Gasteiger partial charge in [0.05, 0.1) is 10.6 Å². The van der Waals surface area contributed by atoms with Gasteiger partial charge in [-0.25, -0.2) is 13.4 Å². The lowest BCUT2D eigenvalue weighted by molar-refractivity contribution is 0.385. The van der Waals surface area contributed by atoms with Gasteiger partial charge < -0.3 is 4.90 Å². The monoisotopic (exact) mass is 453 g/mol. The van der Waals surface area contributed by atoms with Gasteiger partial charge in [-0.3, -0.25) is 0 Å². The van der Waals surface area contributed by atoms with E-state index in [0.29, 0.717) is 36.2 Å². The number of thiazole rings is 1. The average molecular weight is 454 g/mol. The van der Waals surface area contributed by atoms with Crippen LogP contribution in [0.15, 0.2) is 58.8 Å². The molecule has 2 heterocycles. The molecule has 1 saturated heterocycles. The Morgan fingerprint density at radius 2 is 1.57 bits per heavy atom. The van der Waals surface area contributed by atoms with Crippen LogP contribution in [0.2, 0.25) is 10.0 Å². The highest BCUT2D eigenvalue weighted by molar-refractivity contribution is 7.89. The standard InChI is InChI=1S/C19H17Cl2N3O2S2/c20-15-10-16(21)12-17(11-15)28(25,26)24-8-6-23(7-9-24)19-22-18(13-27-19)14-4-2-1-3-5-14/h1-5,10-13H,6-9H2. The molecule has 146 valence electrons. The molecule has 0 spiro atoms. The minimum absolute atomic E-state index is 0.124. The van der Waals surface area contributed by atoms with Gasteiger partial charge in [0, 0.05) is 47.2 Å². The Kier molecular flexibility index (Phi) is 5.62. The summed E-state index contributed by atoms with van der Waals surface area (Å²) in [4.78, 5) is 6.96. The molecule has 0 saturated carbocycles. The number of nitrogens with zero attached hydrogens (tertiary/aromatic N) is 3. The number of piperazine rings is 1. The molecule has 0 bridgehead atoms. The van der Waals surface area contributed by atoms with Gasteiger partial charge in [0.25, 0.3) is 0 Å². The predicted molar refractivity (Wildman–Crippen MR) is 115 cm³/mol. The summed E-state index contributed by atoms with van der Waals surface area (Å²) < 4.78 is 27.3. The fraction of sp³-hybridized carbons (Fsp3) is 0.211. The highest BCUT2D eigenvalue weighted by Crippen LogP contribution is 2.29. The first-order chi connectivity index (χ1) is 13.4. The van der Waals surface area contributed by atoms with Gasteiger partial charge in [-0.1, -0.05) is 53.5 Å². The molecule has 1 aliphatic rings. The van der Waals surface area contributed by atoms with Crippen molar-refractivity contribution in [3.05, 3.63) is 64.0 Å². The number of benzene rings is 2. The first-order valence-corrected chi connectivity index (χ1v) is 11.7. The molecule has 4 rings (SSSR count). The first-order valence-electron chi connectivity index (χ1n) is 8.65. The third-order valence-electron chi connectivity index (χ3n) is 4.54. The minimum atomic E-state index is -3.63. The fourth-order valence-corrected chi connectivity index (χ4v) is 6.14. The average Bonchev–Trinajstić information content (AvgIpc) is 3.18. The number of halogens is 2. The number of hydrogen-bond donors (Lipinski definition) is 0. The van der Waals surface area contributed by atoms with E-state index in [1.807, 2.05) is 35.7 Å². The summed E-state index contributed by atoms with van der Waals surface area (Å²) in [6.07, 6.45) is 0. The van der Waals surface area contributed by atoms with Crippen molar-refractivity contribution in [2.75, 3.05) is 31.1 Å². The highest BCUT2D eigenvalue weighted by Gasteiger charge is 2.30. The van der Waals surface area contributed by atoms with E-state index in [2.05, 4.69) is 4.90 Å². The Balaban J connectivity index is 1.47. The summed E-state index contributed by atoms with van der Waals surface area (Å²) in [7, 11) is -3.63. The molecular weight excluding hydrogens is 437 g/mol. The van der Waals surface area contributed by atoms with Crippen LogP contribution >= 0.6 is 34.5 Å². The van der Waals surface area contributed by atoms with Crippen molar-refractivity contribution < 1.29 is 8.42 Å². The number of anilines is 1. The number of sulfonamides is 1. The lowest BCUT2D eigenvalue weighted by Gasteiger charge is -2.33. The Labute approximate surface area is 178 Å². The van der Waals surface area contributed by atoms with Crippen molar-refractivity contribution in [3.8, 4) is 11.3 Å². The normalized spacial score (nSPS) is 15.7. The van der Waals surface area contributed by atoms with Crippen LogP contribution in [0.3, 0.4) is 0 Å². The molecule has 1 aromatic heterocycles. The molecule has 0 N–H and O–H groups in total. The quantitative estimate of drug-likeness (QED) is 0.577. The van der Waals surface area contributed by atoms with E-state index in [1.54, 1.807) is 11.3 Å². The van der Waals surface area contributed by atoms with Gasteiger partial charge in [-0.05, 0) is 18.2 Å². The van der Waals surface area contributed by atoms with Crippen molar-refractivity contribution in [1.29, 1.82) is 0 Å². The minimum Gasteiger partial charge on any atom is -0.345 e. The van der Waals surface area contributed by atoms with E-state index in [4.69, 9.17) is 28.2 Å². The summed E-state index contributed by atoms with van der Waals surface area (Å²) in [5.41, 5.74) is 2.01. The lowest BCUT2D eigenvalue weighted by atomic mass is 10.2. The Morgan fingerprint density at radius 1 is 0.929 bits per heavy atom. The molecule has 5 nitrogen and oxygen atoms in total. The second-order valence-corrected chi connectivity index (χ2v) is 10.0. The van der Waals surface area contributed by atoms with E-state index in [9.17, 15) is 8.42 Å². The SMILES string of the molecule is O=S(=O)(c1cc(Cl)cc(Cl)c1)N1CCN(c2nc(-c3ccccc3)cs2)CC1. The molecule has 1 aliphatic heterocycles. The fourth-order valence-electron chi connectivity index (χ4n) is 3.10. The van der Waals surface area contributed by atoms with Crippen LogP contribution in [0.4, 0.5) is 5.13 Å². The van der Waals surface area contributed by atoms with Gasteiger partial charge in [-0.2, -0.15) is 4.31 Å². The summed E-state index contributed by atoms with van der Waals surface area (Å²) in [6, 6.07) is 14.4. The molecule has 0 aliphatic carbocycles. The van der Waals surface area contributed by atoms with Crippen molar-refractivity contribution in [2.45, 2.75) is 4.90 Å². The molecule has 3 aromatic rings. The first kappa shape index (κ1) is 19.7. The molecule has 0 radical (unpaired) electrons. The van der Waals surface area contributed by atoms with Crippen molar-refractivity contribution in [3.63, 3.8) is 0 Å². The molecule has 0 amide bonds. The van der Waals surface area contributed by atoms with Gasteiger partial charge >= 0.3 is 0 Å². The van der Waals surface area contributed by atoms with Crippen LogP contribution in [0.1, 0.15) is 0 Å². The third-order valence-corrected chi connectivity index (χ3v) is 7.76. The van der Waals surface area contributed by atoms with Crippen molar-refractivity contribution in [1.82, 2.24) is 9.29 Å². The van der Waals surface area contributed by atoms with Crippen LogP contribution in [0.5, 0.6) is 0 Å². The Hall–Kier alpha value is -1.64. The highest BCUT2D eigenvalue weighted by atomic mass is 35.5. The molecule has 1 fully saturated rings. The largest absolute Gasteiger partial charge is 0.345 e. The van der Waals surface area contributed by atoms with Crippen LogP contribution in [-0.4, -0.2) is 43.9 Å². The van der Waals surface area contributed by atoms with Crippen LogP contribution in [-0.2, 0) is 10.0 Å². The topological polar surface area (TPSA) is 53.5 Å². The lowest BCUT2D eigenvalue weighted by Crippen LogP contribution is -2.48. The predicted octanol–water partition coefficient (Wildman–Crippen LogP) is 4.63. The zero-order valence-corrected chi connectivity index (χ0v) is 17.9. The third kappa shape index (κ3) is 4.04. The Morgan fingerprint density at radius 3 is 2.21 bits per heavy atom. The summed E-state index contributed by atoms with van der Waals surface area (Å²) in [5.74, 6) is 0. The molecule has 0 atom stereocenters. The van der Waals surface area contributed by atoms with Gasteiger partial charge in [-0.15, -0.1) is 11.3 Å².